The molecule has 0 spiro atoms. The smallest absolute Gasteiger partial charge is 0.870 e. The van der Waals surface area contributed by atoms with Gasteiger partial charge in [0, 0.05) is 0 Å². The van der Waals surface area contributed by atoms with E-state index < -0.39 is 0 Å². The van der Waals surface area contributed by atoms with Crippen LogP contribution in [0.2, 0.25) is 0 Å². The Labute approximate surface area is 49.6 Å². The van der Waals surface area contributed by atoms with Crippen molar-refractivity contribution in [2.24, 2.45) is 4.75 Å². The van der Waals surface area contributed by atoms with Crippen LogP contribution in [0.4, 0.5) is 0 Å². The van der Waals surface area contributed by atoms with Crippen molar-refractivity contribution in [1.82, 2.24) is 0 Å². The van der Waals surface area contributed by atoms with Crippen LogP contribution in [0, 0.1) is 0 Å². The third-order valence-corrected chi connectivity index (χ3v) is 0. The first kappa shape index (κ1) is 18.9. The molecule has 0 amide bonds. The molecule has 0 radical (unpaired) electrons. The monoisotopic (exact) mass is 121 g/mol. The molecule has 0 aliphatic rings. The van der Waals surface area contributed by atoms with Gasteiger partial charge in [-0.15, -0.1) is 0 Å². The van der Waals surface area contributed by atoms with Gasteiger partial charge in [-0.25, -0.2) is 0 Å². The Bertz CT molecular complexity index is 8.00. The molecule has 28 valence electrons. The van der Waals surface area contributed by atoms with Gasteiger partial charge in [0.1, 0.15) is 0 Å². The van der Waals surface area contributed by atoms with Crippen LogP contribution in [0.1, 0.15) is 0 Å². The third kappa shape index (κ3) is 10.7. The largest absolute Gasteiger partial charge is 0.870 e. The second-order valence-electron chi connectivity index (χ2n) is 0. The van der Waals surface area contributed by atoms with Crippen LogP contribution in [-0.2, 0) is 16.2 Å². The SMILES string of the molecule is [MgH+].[NH2][Cu].[OH-]. The van der Waals surface area contributed by atoms with Gasteiger partial charge in [-0.3, -0.25) is 0 Å². The van der Waals surface area contributed by atoms with E-state index in [9.17, 15) is 0 Å². The molecule has 0 saturated heterocycles. The van der Waals surface area contributed by atoms with Crippen LogP contribution in [0.3, 0.4) is 0 Å². The summed E-state index contributed by atoms with van der Waals surface area (Å²) in [6.07, 6.45) is 0. The quantitative estimate of drug-likeness (QED) is 0.401. The number of hydrogen-bond donors (Lipinski definition) is 1. The molecule has 0 heterocycles. The fraction of sp³-hybridized carbons (Fsp3) is 0. The molecule has 2 nitrogen and oxygen atoms in total. The zero-order chi connectivity index (χ0) is 2.00. The number of rotatable bonds is 0. The van der Waals surface area contributed by atoms with Gasteiger partial charge in [0.25, 0.3) is 0 Å². The van der Waals surface area contributed by atoms with Gasteiger partial charge in [0.2, 0.25) is 0 Å². The molecule has 4 heavy (non-hydrogen) atoms. The first-order valence-corrected chi connectivity index (χ1v) is 0.718. The predicted octanol–water partition coefficient (Wildman–Crippen LogP) is -1.42. The zero-order valence-corrected chi connectivity index (χ0v) is 5.27. The predicted molar refractivity (Wildman–Crippen MR) is 13.3 cm³/mol. The second-order valence-corrected chi connectivity index (χ2v) is 0. The van der Waals surface area contributed by atoms with Crippen molar-refractivity contribution < 1.29 is 21.7 Å². The maximum Gasteiger partial charge on any atom is -0.870 e. The second kappa shape index (κ2) is 29.7. The van der Waals surface area contributed by atoms with Crippen LogP contribution in [-0.4, -0.2) is 28.5 Å². The Morgan fingerprint density at radius 2 is 1.25 bits per heavy atom. The molecule has 0 aromatic rings. The molecule has 0 aliphatic heterocycles. The summed E-state index contributed by atoms with van der Waals surface area (Å²) in [5.41, 5.74) is 0. The summed E-state index contributed by atoms with van der Waals surface area (Å²) < 4.78 is 4.06. The standard InChI is InChI=1S/Cu.Mg.H2N.H2O.H/h;;2*1H2;/q2*+1;-1;;/p-1. The Morgan fingerprint density at radius 1 is 1.25 bits per heavy atom. The molecular formula is H4CuMgNO. The van der Waals surface area contributed by atoms with Crippen LogP contribution in [0.15, 0.2) is 0 Å². The maximum absolute atomic E-state index is 4.06. The van der Waals surface area contributed by atoms with Crippen molar-refractivity contribution in [3.05, 3.63) is 0 Å². The van der Waals surface area contributed by atoms with Gasteiger partial charge in [0.15, 0.2) is 0 Å². The Hall–Kier alpha value is 1.21. The van der Waals surface area contributed by atoms with Crippen LogP contribution in [0.5, 0.6) is 0 Å². The van der Waals surface area contributed by atoms with Gasteiger partial charge in [0.05, 0.1) is 0 Å². The minimum absolute atomic E-state index is 0. The Morgan fingerprint density at radius 3 is 1.25 bits per heavy atom. The summed E-state index contributed by atoms with van der Waals surface area (Å²) in [4.78, 5) is 0. The first-order chi connectivity index (χ1) is 1.00. The first-order valence-electron chi connectivity index (χ1n) is 0.174. The summed E-state index contributed by atoms with van der Waals surface area (Å²) in [6, 6.07) is 0. The van der Waals surface area contributed by atoms with E-state index in [2.05, 4.69) is 21.0 Å². The summed E-state index contributed by atoms with van der Waals surface area (Å²) >= 11 is 3.69. The van der Waals surface area contributed by atoms with Gasteiger partial charge in [-0.1, -0.05) is 0 Å². The molecule has 0 saturated carbocycles. The molecular weight excluding hydrogens is 118 g/mol. The van der Waals surface area contributed by atoms with E-state index in [0.717, 1.165) is 0 Å². The molecule has 0 aromatic heterocycles. The molecule has 0 fully saturated rings. The normalized spacial score (nSPS) is 1.75. The van der Waals surface area contributed by atoms with Gasteiger partial charge >= 0.3 is 44.0 Å². The van der Waals surface area contributed by atoms with Crippen molar-refractivity contribution in [3.63, 3.8) is 0 Å². The van der Waals surface area contributed by atoms with Crippen molar-refractivity contribution in [2.75, 3.05) is 0 Å². The van der Waals surface area contributed by atoms with E-state index in [4.69, 9.17) is 0 Å². The zero-order valence-electron chi connectivity index (χ0n) is 2.33. The Balaban J connectivity index is -0.00000000500. The summed E-state index contributed by atoms with van der Waals surface area (Å²) in [7, 11) is 0. The fourth-order valence-electron chi connectivity index (χ4n) is 0. The average molecular weight is 122 g/mol. The van der Waals surface area contributed by atoms with Gasteiger partial charge in [-0.2, -0.15) is 0 Å². The molecule has 0 bridgehead atoms. The van der Waals surface area contributed by atoms with Crippen molar-refractivity contribution in [3.8, 4) is 0 Å². The van der Waals surface area contributed by atoms with E-state index >= 15 is 0 Å². The molecule has 0 rings (SSSR count). The van der Waals surface area contributed by atoms with Gasteiger partial charge < -0.3 is 5.48 Å². The van der Waals surface area contributed by atoms with Crippen molar-refractivity contribution in [1.29, 1.82) is 0 Å². The summed E-state index contributed by atoms with van der Waals surface area (Å²) in [5.74, 6) is 0. The number of nitrogens with two attached hydrogens (primary N) is 1. The number of hydrogen-bond acceptors (Lipinski definition) is 2. The van der Waals surface area contributed by atoms with E-state index in [1.807, 2.05) is 0 Å². The third-order valence-electron chi connectivity index (χ3n) is 0. The molecule has 0 unspecified atom stereocenters. The molecule has 0 atom stereocenters. The molecule has 0 aromatic carbocycles. The van der Waals surface area contributed by atoms with Crippen molar-refractivity contribution >= 4 is 23.1 Å². The van der Waals surface area contributed by atoms with Crippen LogP contribution >= 0.6 is 0 Å². The average Bonchev–Trinajstić information content (AvgIpc) is 1.00. The molecule has 4 heteroatoms. The Kier molecular flexibility index (Phi) is 141. The van der Waals surface area contributed by atoms with Crippen molar-refractivity contribution in [2.45, 2.75) is 0 Å². The minimum Gasteiger partial charge on any atom is -0.870 e. The summed E-state index contributed by atoms with van der Waals surface area (Å²) in [6.45, 7) is 0. The van der Waals surface area contributed by atoms with E-state index in [1.54, 1.807) is 0 Å². The van der Waals surface area contributed by atoms with Crippen LogP contribution in [0.25, 0.3) is 0 Å². The fourth-order valence-corrected chi connectivity index (χ4v) is 0. The van der Waals surface area contributed by atoms with E-state index in [0.29, 0.717) is 0 Å². The maximum atomic E-state index is 4.06. The topological polar surface area (TPSA) is 56.0 Å². The minimum atomic E-state index is 0. The molecule has 3 N–H and O–H groups in total. The molecule has 0 aliphatic carbocycles. The van der Waals surface area contributed by atoms with E-state index in [-0.39, 0.29) is 28.5 Å². The van der Waals surface area contributed by atoms with E-state index in [1.165, 1.54) is 0 Å². The van der Waals surface area contributed by atoms with Crippen LogP contribution < -0.4 is 4.75 Å². The summed E-state index contributed by atoms with van der Waals surface area (Å²) in [5, 5.41) is 0. The van der Waals surface area contributed by atoms with Gasteiger partial charge in [-0.05, 0) is 0 Å².